The van der Waals surface area contributed by atoms with Crippen molar-refractivity contribution in [3.8, 4) is 5.75 Å². The van der Waals surface area contributed by atoms with E-state index in [2.05, 4.69) is 4.98 Å². The van der Waals surface area contributed by atoms with Gasteiger partial charge in [-0.2, -0.15) is 0 Å². The molecule has 1 aromatic carbocycles. The van der Waals surface area contributed by atoms with E-state index in [1.54, 1.807) is 17.4 Å². The molecule has 0 bridgehead atoms. The Balaban J connectivity index is 2.07. The van der Waals surface area contributed by atoms with Gasteiger partial charge in [-0.15, -0.1) is 11.3 Å². The highest BCUT2D eigenvalue weighted by molar-refractivity contribution is 7.09. The molecule has 0 saturated heterocycles. The fraction of sp³-hybridized carbons (Fsp3) is 0.200. The molecule has 0 saturated carbocycles. The Morgan fingerprint density at radius 2 is 1.95 bits per heavy atom. The van der Waals surface area contributed by atoms with Crippen molar-refractivity contribution in [1.82, 2.24) is 4.98 Å². The first-order valence-corrected chi connectivity index (χ1v) is 6.82. The second kappa shape index (κ2) is 5.80. The zero-order valence-corrected chi connectivity index (χ0v) is 12.0. The topological polar surface area (TPSA) is 39.2 Å². The van der Waals surface area contributed by atoms with Gasteiger partial charge in [-0.1, -0.05) is 18.2 Å². The monoisotopic (exact) mass is 273 g/mol. The van der Waals surface area contributed by atoms with Gasteiger partial charge in [0.25, 0.3) is 0 Å². The van der Waals surface area contributed by atoms with Gasteiger partial charge in [-0.3, -0.25) is 0 Å². The third-order valence-corrected chi connectivity index (χ3v) is 3.43. The standard InChI is InChI=1S/C15H15NO2S/c1-10-5-4-6-11(2)15(10)18-14(17)8-7-13-9-19-12(3)16-13/h4-9H,1-3H3/b8-7+. The van der Waals surface area contributed by atoms with Gasteiger partial charge in [0.15, 0.2) is 0 Å². The molecule has 0 atom stereocenters. The molecular weight excluding hydrogens is 258 g/mol. The number of carbonyl (C=O) groups is 1. The molecule has 0 fully saturated rings. The Bertz CT molecular complexity index is 609. The lowest BCUT2D eigenvalue weighted by Gasteiger charge is -2.08. The maximum absolute atomic E-state index is 11.8. The van der Waals surface area contributed by atoms with Crippen molar-refractivity contribution in [2.45, 2.75) is 20.8 Å². The largest absolute Gasteiger partial charge is 0.423 e. The Morgan fingerprint density at radius 1 is 1.26 bits per heavy atom. The summed E-state index contributed by atoms with van der Waals surface area (Å²) < 4.78 is 5.35. The number of aryl methyl sites for hydroxylation is 3. The van der Waals surface area contributed by atoms with E-state index in [4.69, 9.17) is 4.74 Å². The molecule has 4 heteroatoms. The Morgan fingerprint density at radius 3 is 2.53 bits per heavy atom. The van der Waals surface area contributed by atoms with E-state index in [-0.39, 0.29) is 5.97 Å². The predicted octanol–water partition coefficient (Wildman–Crippen LogP) is 3.69. The van der Waals surface area contributed by atoms with Crippen LogP contribution in [0.3, 0.4) is 0 Å². The number of benzene rings is 1. The normalized spacial score (nSPS) is 10.9. The highest BCUT2D eigenvalue weighted by Crippen LogP contribution is 2.22. The molecule has 0 spiro atoms. The Hall–Kier alpha value is -1.94. The summed E-state index contributed by atoms with van der Waals surface area (Å²) in [7, 11) is 0. The molecule has 1 heterocycles. The second-order valence-corrected chi connectivity index (χ2v) is 5.33. The third kappa shape index (κ3) is 3.51. The summed E-state index contributed by atoms with van der Waals surface area (Å²) in [6, 6.07) is 5.78. The molecule has 19 heavy (non-hydrogen) atoms. The molecule has 0 N–H and O–H groups in total. The molecule has 1 aromatic heterocycles. The summed E-state index contributed by atoms with van der Waals surface area (Å²) in [5.41, 5.74) is 2.68. The number of hydrogen-bond donors (Lipinski definition) is 0. The maximum atomic E-state index is 11.8. The van der Waals surface area contributed by atoms with Crippen LogP contribution < -0.4 is 4.74 Å². The van der Waals surface area contributed by atoms with Crippen molar-refractivity contribution < 1.29 is 9.53 Å². The highest BCUT2D eigenvalue weighted by Gasteiger charge is 2.07. The van der Waals surface area contributed by atoms with Crippen LogP contribution >= 0.6 is 11.3 Å². The van der Waals surface area contributed by atoms with E-state index in [1.165, 1.54) is 6.08 Å². The highest BCUT2D eigenvalue weighted by atomic mass is 32.1. The number of para-hydroxylation sites is 1. The zero-order valence-electron chi connectivity index (χ0n) is 11.1. The minimum absolute atomic E-state index is 0.386. The first-order valence-electron chi connectivity index (χ1n) is 5.94. The Kier molecular flexibility index (Phi) is 4.12. The summed E-state index contributed by atoms with van der Waals surface area (Å²) >= 11 is 1.55. The Labute approximate surface area is 116 Å². The van der Waals surface area contributed by atoms with Gasteiger partial charge < -0.3 is 4.74 Å². The molecule has 2 aromatic rings. The van der Waals surface area contributed by atoms with Crippen molar-refractivity contribution in [2.24, 2.45) is 0 Å². The maximum Gasteiger partial charge on any atom is 0.336 e. The van der Waals surface area contributed by atoms with Crippen LogP contribution in [0.2, 0.25) is 0 Å². The van der Waals surface area contributed by atoms with Gasteiger partial charge in [0, 0.05) is 11.5 Å². The number of esters is 1. The van der Waals surface area contributed by atoms with Crippen LogP contribution in [0, 0.1) is 20.8 Å². The number of carbonyl (C=O) groups excluding carboxylic acids is 1. The molecule has 2 rings (SSSR count). The number of rotatable bonds is 3. The molecule has 0 unspecified atom stereocenters. The average Bonchev–Trinajstić information content (AvgIpc) is 2.77. The fourth-order valence-corrected chi connectivity index (χ4v) is 2.29. The average molecular weight is 273 g/mol. The number of nitrogens with zero attached hydrogens (tertiary/aromatic N) is 1. The first-order chi connectivity index (χ1) is 9.06. The predicted molar refractivity (Wildman–Crippen MR) is 77.4 cm³/mol. The van der Waals surface area contributed by atoms with Crippen LogP contribution in [0.4, 0.5) is 0 Å². The molecule has 0 aliphatic heterocycles. The van der Waals surface area contributed by atoms with Crippen LogP contribution in [0.5, 0.6) is 5.75 Å². The van der Waals surface area contributed by atoms with Crippen molar-refractivity contribution in [2.75, 3.05) is 0 Å². The van der Waals surface area contributed by atoms with Crippen LogP contribution in [-0.2, 0) is 4.79 Å². The lowest BCUT2D eigenvalue weighted by atomic mass is 10.1. The fourth-order valence-electron chi connectivity index (χ4n) is 1.70. The smallest absolute Gasteiger partial charge is 0.336 e. The van der Waals surface area contributed by atoms with E-state index in [1.807, 2.05) is 44.4 Å². The van der Waals surface area contributed by atoms with Crippen LogP contribution in [0.25, 0.3) is 6.08 Å². The SMILES string of the molecule is Cc1nc(/C=C/C(=O)Oc2c(C)cccc2C)cs1. The van der Waals surface area contributed by atoms with Gasteiger partial charge in [-0.25, -0.2) is 9.78 Å². The van der Waals surface area contributed by atoms with E-state index in [0.717, 1.165) is 21.8 Å². The van der Waals surface area contributed by atoms with Crippen LogP contribution in [-0.4, -0.2) is 11.0 Å². The first kappa shape index (κ1) is 13.5. The third-order valence-electron chi connectivity index (χ3n) is 2.64. The summed E-state index contributed by atoms with van der Waals surface area (Å²) in [4.78, 5) is 16.0. The lowest BCUT2D eigenvalue weighted by molar-refractivity contribution is -0.129. The summed E-state index contributed by atoms with van der Waals surface area (Å²) in [6.45, 7) is 5.77. The minimum Gasteiger partial charge on any atom is -0.423 e. The van der Waals surface area contributed by atoms with Crippen molar-refractivity contribution in [1.29, 1.82) is 0 Å². The van der Waals surface area contributed by atoms with Gasteiger partial charge in [0.05, 0.1) is 10.7 Å². The van der Waals surface area contributed by atoms with Crippen molar-refractivity contribution in [3.63, 3.8) is 0 Å². The zero-order chi connectivity index (χ0) is 13.8. The number of thiazole rings is 1. The summed E-state index contributed by atoms with van der Waals surface area (Å²) in [5.74, 6) is 0.245. The lowest BCUT2D eigenvalue weighted by Crippen LogP contribution is -2.06. The summed E-state index contributed by atoms with van der Waals surface area (Å²) in [5, 5.41) is 2.88. The van der Waals surface area contributed by atoms with Gasteiger partial charge in [0.2, 0.25) is 0 Å². The molecule has 3 nitrogen and oxygen atoms in total. The number of hydrogen-bond acceptors (Lipinski definition) is 4. The summed E-state index contributed by atoms with van der Waals surface area (Å²) in [6.07, 6.45) is 3.07. The molecule has 0 aliphatic carbocycles. The van der Waals surface area contributed by atoms with Crippen molar-refractivity contribution in [3.05, 3.63) is 51.5 Å². The van der Waals surface area contributed by atoms with E-state index < -0.39 is 0 Å². The van der Waals surface area contributed by atoms with Crippen molar-refractivity contribution >= 4 is 23.4 Å². The molecule has 0 radical (unpaired) electrons. The van der Waals surface area contributed by atoms with Gasteiger partial charge in [-0.05, 0) is 38.0 Å². The molecule has 98 valence electrons. The van der Waals surface area contributed by atoms with Crippen LogP contribution in [0.1, 0.15) is 21.8 Å². The van der Waals surface area contributed by atoms with E-state index in [0.29, 0.717) is 5.75 Å². The quantitative estimate of drug-likeness (QED) is 0.486. The van der Waals surface area contributed by atoms with E-state index in [9.17, 15) is 4.79 Å². The molecule has 0 aliphatic rings. The molecular formula is C15H15NO2S. The molecule has 0 amide bonds. The van der Waals surface area contributed by atoms with E-state index >= 15 is 0 Å². The number of aromatic nitrogens is 1. The minimum atomic E-state index is -0.386. The van der Waals surface area contributed by atoms with Gasteiger partial charge in [0.1, 0.15) is 5.75 Å². The van der Waals surface area contributed by atoms with Gasteiger partial charge >= 0.3 is 5.97 Å². The second-order valence-electron chi connectivity index (χ2n) is 4.27. The van der Waals surface area contributed by atoms with Crippen LogP contribution in [0.15, 0.2) is 29.7 Å². The number of ether oxygens (including phenoxy) is 1.